The molecule has 2 heterocycles. The molecule has 0 amide bonds. The average Bonchev–Trinajstić information content (AvgIpc) is 2.71. The second kappa shape index (κ2) is 5.02. The van der Waals surface area contributed by atoms with Crippen molar-refractivity contribution in [1.82, 2.24) is 15.2 Å². The summed E-state index contributed by atoms with van der Waals surface area (Å²) in [5, 5.41) is 3.48. The van der Waals surface area contributed by atoms with Gasteiger partial charge in [0.2, 0.25) is 5.89 Å². The van der Waals surface area contributed by atoms with Crippen LogP contribution in [0.5, 0.6) is 0 Å². The van der Waals surface area contributed by atoms with Gasteiger partial charge in [0, 0.05) is 30.6 Å². The zero-order valence-electron chi connectivity index (χ0n) is 12.2. The van der Waals surface area contributed by atoms with Gasteiger partial charge in [0.1, 0.15) is 5.76 Å². The van der Waals surface area contributed by atoms with Crippen LogP contribution in [-0.4, -0.2) is 35.1 Å². The van der Waals surface area contributed by atoms with Crippen molar-refractivity contribution in [2.45, 2.75) is 58.7 Å². The van der Waals surface area contributed by atoms with E-state index in [0.717, 1.165) is 31.3 Å². The number of nitrogens with one attached hydrogen (secondary N) is 1. The van der Waals surface area contributed by atoms with Gasteiger partial charge in [0.25, 0.3) is 0 Å². The lowest BCUT2D eigenvalue weighted by atomic mass is 9.94. The van der Waals surface area contributed by atoms with Gasteiger partial charge < -0.3 is 9.73 Å². The fourth-order valence-corrected chi connectivity index (χ4v) is 2.22. The third-order valence-corrected chi connectivity index (χ3v) is 3.52. The fourth-order valence-electron chi connectivity index (χ4n) is 2.22. The maximum atomic E-state index is 5.86. The van der Waals surface area contributed by atoms with Crippen LogP contribution in [0.1, 0.15) is 46.3 Å². The van der Waals surface area contributed by atoms with E-state index in [0.29, 0.717) is 12.1 Å². The molecule has 1 aromatic heterocycles. The Kier molecular flexibility index (Phi) is 3.78. The molecule has 1 fully saturated rings. The van der Waals surface area contributed by atoms with Crippen LogP contribution in [0.15, 0.2) is 10.6 Å². The predicted octanol–water partition coefficient (Wildman–Crippen LogP) is 2.15. The summed E-state index contributed by atoms with van der Waals surface area (Å²) in [6.45, 7) is 13.8. The molecular weight excluding hydrogens is 226 g/mol. The van der Waals surface area contributed by atoms with Gasteiger partial charge in [-0.2, -0.15) is 0 Å². The summed E-state index contributed by atoms with van der Waals surface area (Å²) in [6, 6.07) is 1.07. The second-order valence-electron chi connectivity index (χ2n) is 6.46. The molecule has 2 atom stereocenters. The van der Waals surface area contributed by atoms with Crippen LogP contribution in [-0.2, 0) is 12.0 Å². The minimum atomic E-state index is 0.0353. The Morgan fingerprint density at radius 3 is 2.78 bits per heavy atom. The van der Waals surface area contributed by atoms with Gasteiger partial charge in [0.15, 0.2) is 0 Å². The molecule has 1 aromatic rings. The highest BCUT2D eigenvalue weighted by Gasteiger charge is 2.25. The second-order valence-corrected chi connectivity index (χ2v) is 6.46. The molecule has 0 radical (unpaired) electrons. The van der Waals surface area contributed by atoms with Gasteiger partial charge in [-0.1, -0.05) is 20.8 Å². The minimum Gasteiger partial charge on any atom is -0.444 e. The van der Waals surface area contributed by atoms with Gasteiger partial charge in [-0.3, -0.25) is 4.90 Å². The lowest BCUT2D eigenvalue weighted by Crippen LogP contribution is -2.53. The smallest absolute Gasteiger partial charge is 0.208 e. The maximum absolute atomic E-state index is 5.86. The molecule has 0 saturated carbocycles. The Morgan fingerprint density at radius 1 is 1.44 bits per heavy atom. The van der Waals surface area contributed by atoms with Gasteiger partial charge in [-0.15, -0.1) is 0 Å². The maximum Gasteiger partial charge on any atom is 0.208 e. The summed E-state index contributed by atoms with van der Waals surface area (Å²) >= 11 is 0. The van der Waals surface area contributed by atoms with E-state index in [1.54, 1.807) is 0 Å². The van der Waals surface area contributed by atoms with Crippen LogP contribution < -0.4 is 5.32 Å². The van der Waals surface area contributed by atoms with Gasteiger partial charge in [0.05, 0.1) is 12.7 Å². The van der Waals surface area contributed by atoms with Crippen LogP contribution in [0.25, 0.3) is 0 Å². The van der Waals surface area contributed by atoms with Crippen molar-refractivity contribution in [3.8, 4) is 0 Å². The fraction of sp³-hybridized carbons (Fsp3) is 0.786. The largest absolute Gasteiger partial charge is 0.444 e. The first-order valence-corrected chi connectivity index (χ1v) is 6.79. The van der Waals surface area contributed by atoms with E-state index in [9.17, 15) is 0 Å². The first kappa shape index (κ1) is 13.6. The van der Waals surface area contributed by atoms with Crippen molar-refractivity contribution in [3.05, 3.63) is 17.8 Å². The molecule has 1 N–H and O–H groups in total. The van der Waals surface area contributed by atoms with Crippen molar-refractivity contribution in [2.75, 3.05) is 13.1 Å². The van der Waals surface area contributed by atoms with E-state index < -0.39 is 0 Å². The molecular formula is C14H25N3O. The molecule has 0 aliphatic carbocycles. The highest BCUT2D eigenvalue weighted by atomic mass is 16.4. The molecule has 0 spiro atoms. The summed E-state index contributed by atoms with van der Waals surface area (Å²) < 4.78 is 5.86. The zero-order valence-corrected chi connectivity index (χ0v) is 12.2. The number of hydrogen-bond donors (Lipinski definition) is 1. The first-order valence-electron chi connectivity index (χ1n) is 6.79. The molecule has 4 heteroatoms. The summed E-state index contributed by atoms with van der Waals surface area (Å²) in [6.07, 6.45) is 1.87. The Morgan fingerprint density at radius 2 is 2.17 bits per heavy atom. The summed E-state index contributed by atoms with van der Waals surface area (Å²) in [5.74, 6) is 1.80. The molecule has 2 rings (SSSR count). The van der Waals surface area contributed by atoms with Gasteiger partial charge in [-0.25, -0.2) is 4.98 Å². The number of oxazole rings is 1. The van der Waals surface area contributed by atoms with Crippen molar-refractivity contribution < 1.29 is 4.42 Å². The van der Waals surface area contributed by atoms with E-state index >= 15 is 0 Å². The monoisotopic (exact) mass is 251 g/mol. The van der Waals surface area contributed by atoms with Gasteiger partial charge >= 0.3 is 0 Å². The Hall–Kier alpha value is -0.870. The predicted molar refractivity (Wildman–Crippen MR) is 72.5 cm³/mol. The molecule has 102 valence electrons. The van der Waals surface area contributed by atoms with E-state index in [1.807, 2.05) is 6.20 Å². The third kappa shape index (κ3) is 3.12. The summed E-state index contributed by atoms with van der Waals surface area (Å²) in [4.78, 5) is 6.84. The highest BCUT2D eigenvalue weighted by molar-refractivity contribution is 5.06. The van der Waals surface area contributed by atoms with Crippen LogP contribution >= 0.6 is 0 Å². The van der Waals surface area contributed by atoms with Crippen LogP contribution in [0.2, 0.25) is 0 Å². The number of nitrogens with zero attached hydrogens (tertiary/aromatic N) is 2. The molecule has 18 heavy (non-hydrogen) atoms. The van der Waals surface area contributed by atoms with Crippen molar-refractivity contribution in [2.24, 2.45) is 0 Å². The number of rotatable bonds is 2. The topological polar surface area (TPSA) is 41.3 Å². The Labute approximate surface area is 110 Å². The standard InChI is InChI=1S/C14H25N3O/c1-10-8-17(11(2)6-15-10)9-13-16-7-12(18-13)14(3,4)5/h7,10-11,15H,6,8-9H2,1-5H3. The van der Waals surface area contributed by atoms with Crippen LogP contribution in [0, 0.1) is 0 Å². The van der Waals surface area contributed by atoms with E-state index in [2.05, 4.69) is 49.8 Å². The van der Waals surface area contributed by atoms with E-state index in [1.165, 1.54) is 0 Å². The molecule has 1 aliphatic heterocycles. The third-order valence-electron chi connectivity index (χ3n) is 3.52. The number of hydrogen-bond acceptors (Lipinski definition) is 4. The average molecular weight is 251 g/mol. The van der Waals surface area contributed by atoms with E-state index in [4.69, 9.17) is 4.42 Å². The highest BCUT2D eigenvalue weighted by Crippen LogP contribution is 2.23. The molecule has 0 bridgehead atoms. The van der Waals surface area contributed by atoms with Gasteiger partial charge in [-0.05, 0) is 13.8 Å². The normalized spacial score (nSPS) is 26.5. The van der Waals surface area contributed by atoms with Crippen LogP contribution in [0.4, 0.5) is 0 Å². The number of piperazine rings is 1. The quantitative estimate of drug-likeness (QED) is 0.874. The number of aromatic nitrogens is 1. The molecule has 0 aromatic carbocycles. The lowest BCUT2D eigenvalue weighted by Gasteiger charge is -2.36. The summed E-state index contributed by atoms with van der Waals surface area (Å²) in [5.41, 5.74) is 0.0353. The van der Waals surface area contributed by atoms with Crippen LogP contribution in [0.3, 0.4) is 0 Å². The zero-order chi connectivity index (χ0) is 13.3. The summed E-state index contributed by atoms with van der Waals surface area (Å²) in [7, 11) is 0. The minimum absolute atomic E-state index is 0.0353. The first-order chi connectivity index (χ1) is 8.36. The molecule has 4 nitrogen and oxygen atoms in total. The van der Waals surface area contributed by atoms with E-state index in [-0.39, 0.29) is 5.41 Å². The Balaban J connectivity index is 2.02. The molecule has 1 saturated heterocycles. The SMILES string of the molecule is CC1CN(Cc2ncc(C(C)(C)C)o2)C(C)CN1. The van der Waals surface area contributed by atoms with Crippen molar-refractivity contribution in [1.29, 1.82) is 0 Å². The molecule has 2 unspecified atom stereocenters. The van der Waals surface area contributed by atoms with Crippen molar-refractivity contribution >= 4 is 0 Å². The molecule has 1 aliphatic rings. The Bertz CT molecular complexity index is 394. The lowest BCUT2D eigenvalue weighted by molar-refractivity contribution is 0.125. The van der Waals surface area contributed by atoms with Crippen molar-refractivity contribution in [3.63, 3.8) is 0 Å².